The van der Waals surface area contributed by atoms with Gasteiger partial charge < -0.3 is 10.2 Å². The van der Waals surface area contributed by atoms with Crippen molar-refractivity contribution in [2.24, 2.45) is 5.92 Å². The normalized spacial score (nSPS) is 15.1. The molecule has 1 aliphatic rings. The molecule has 1 N–H and O–H groups in total. The molecule has 6 heteroatoms. The Labute approximate surface area is 158 Å². The van der Waals surface area contributed by atoms with E-state index in [1.807, 2.05) is 48.4 Å². The van der Waals surface area contributed by atoms with Crippen LogP contribution in [0, 0.1) is 19.8 Å². The van der Waals surface area contributed by atoms with Gasteiger partial charge in [0, 0.05) is 42.9 Å². The first-order valence-corrected chi connectivity index (χ1v) is 9.95. The van der Waals surface area contributed by atoms with Crippen LogP contribution in [0.5, 0.6) is 0 Å². The van der Waals surface area contributed by atoms with Gasteiger partial charge >= 0.3 is 0 Å². The maximum absolute atomic E-state index is 12.5. The van der Waals surface area contributed by atoms with E-state index in [0.29, 0.717) is 19.6 Å². The van der Waals surface area contributed by atoms with E-state index >= 15 is 0 Å². The molecule has 1 aliphatic heterocycles. The summed E-state index contributed by atoms with van der Waals surface area (Å²) in [4.78, 5) is 31.1. The van der Waals surface area contributed by atoms with Crippen LogP contribution in [0.3, 0.4) is 0 Å². The first-order valence-electron chi connectivity index (χ1n) is 9.07. The van der Waals surface area contributed by atoms with Crippen molar-refractivity contribution in [2.45, 2.75) is 33.1 Å². The van der Waals surface area contributed by atoms with Gasteiger partial charge in [-0.3, -0.25) is 9.59 Å². The second-order valence-electron chi connectivity index (χ2n) is 6.83. The lowest BCUT2D eigenvalue weighted by molar-refractivity contribution is -0.126. The van der Waals surface area contributed by atoms with Gasteiger partial charge in [-0.15, -0.1) is 11.3 Å². The van der Waals surface area contributed by atoms with Crippen LogP contribution in [-0.2, 0) is 11.2 Å². The van der Waals surface area contributed by atoms with Gasteiger partial charge in [0.05, 0.1) is 10.7 Å². The van der Waals surface area contributed by atoms with Gasteiger partial charge in [-0.25, -0.2) is 4.98 Å². The topological polar surface area (TPSA) is 62.3 Å². The van der Waals surface area contributed by atoms with E-state index in [2.05, 4.69) is 10.3 Å². The number of benzene rings is 1. The molecule has 1 aromatic carbocycles. The molecular weight excluding hydrogens is 346 g/mol. The van der Waals surface area contributed by atoms with Crippen LogP contribution < -0.4 is 5.32 Å². The first-order chi connectivity index (χ1) is 12.5. The summed E-state index contributed by atoms with van der Waals surface area (Å²) in [6, 6.07) is 7.65. The number of thiazole rings is 1. The summed E-state index contributed by atoms with van der Waals surface area (Å²) in [5.41, 5.74) is 2.90. The fourth-order valence-corrected chi connectivity index (χ4v) is 3.85. The summed E-state index contributed by atoms with van der Waals surface area (Å²) in [7, 11) is 0. The largest absolute Gasteiger partial charge is 0.355 e. The van der Waals surface area contributed by atoms with Crippen LogP contribution in [-0.4, -0.2) is 41.3 Å². The third-order valence-corrected chi connectivity index (χ3v) is 5.62. The molecule has 2 amide bonds. The molecule has 0 unspecified atom stereocenters. The lowest BCUT2D eigenvalue weighted by atomic mass is 9.95. The van der Waals surface area contributed by atoms with Gasteiger partial charge in [-0.1, -0.05) is 17.7 Å². The number of aryl methyl sites for hydroxylation is 2. The quantitative estimate of drug-likeness (QED) is 0.879. The number of rotatable bonds is 5. The molecule has 0 radical (unpaired) electrons. The predicted molar refractivity (Wildman–Crippen MR) is 103 cm³/mol. The van der Waals surface area contributed by atoms with Gasteiger partial charge in [-0.2, -0.15) is 0 Å². The molecule has 0 bridgehead atoms. The molecule has 26 heavy (non-hydrogen) atoms. The van der Waals surface area contributed by atoms with E-state index in [4.69, 9.17) is 0 Å². The summed E-state index contributed by atoms with van der Waals surface area (Å²) >= 11 is 1.63. The fourth-order valence-electron chi connectivity index (χ4n) is 3.20. The Morgan fingerprint density at radius 2 is 1.88 bits per heavy atom. The number of amides is 2. The molecule has 1 aromatic heterocycles. The molecule has 0 atom stereocenters. The number of aromatic nitrogens is 1. The van der Waals surface area contributed by atoms with Crippen molar-refractivity contribution in [2.75, 3.05) is 19.6 Å². The highest BCUT2D eigenvalue weighted by Gasteiger charge is 2.27. The van der Waals surface area contributed by atoms with Crippen LogP contribution in [0.4, 0.5) is 0 Å². The minimum atomic E-state index is -0.00534. The molecular formula is C20H25N3O2S. The van der Waals surface area contributed by atoms with Gasteiger partial charge in [0.25, 0.3) is 5.91 Å². The smallest absolute Gasteiger partial charge is 0.253 e. The van der Waals surface area contributed by atoms with E-state index < -0.39 is 0 Å². The summed E-state index contributed by atoms with van der Waals surface area (Å²) in [5, 5.41) is 6.11. The summed E-state index contributed by atoms with van der Waals surface area (Å²) in [6.45, 7) is 5.88. The van der Waals surface area contributed by atoms with Crippen molar-refractivity contribution in [3.05, 3.63) is 51.5 Å². The third-order valence-electron chi connectivity index (χ3n) is 4.80. The third kappa shape index (κ3) is 4.69. The van der Waals surface area contributed by atoms with Crippen molar-refractivity contribution in [3.63, 3.8) is 0 Å². The molecule has 1 saturated heterocycles. The molecule has 3 rings (SSSR count). The van der Waals surface area contributed by atoms with Crippen LogP contribution in [0.15, 0.2) is 29.6 Å². The molecule has 0 spiro atoms. The van der Waals surface area contributed by atoms with E-state index in [1.54, 1.807) is 11.3 Å². The maximum atomic E-state index is 12.5. The average molecular weight is 372 g/mol. The Bertz CT molecular complexity index is 762. The second kappa shape index (κ2) is 8.45. The van der Waals surface area contributed by atoms with Crippen molar-refractivity contribution in [3.8, 4) is 0 Å². The number of hydrogen-bond acceptors (Lipinski definition) is 4. The molecule has 0 aliphatic carbocycles. The lowest BCUT2D eigenvalue weighted by Gasteiger charge is -2.31. The van der Waals surface area contributed by atoms with Gasteiger partial charge in [0.2, 0.25) is 5.91 Å². The minimum Gasteiger partial charge on any atom is -0.355 e. The second-order valence-corrected chi connectivity index (χ2v) is 7.89. The number of piperidine rings is 1. The number of likely N-dealkylation sites (tertiary alicyclic amines) is 1. The van der Waals surface area contributed by atoms with Crippen molar-refractivity contribution in [1.29, 1.82) is 0 Å². The van der Waals surface area contributed by atoms with E-state index in [1.165, 1.54) is 0 Å². The van der Waals surface area contributed by atoms with Gasteiger partial charge in [0.1, 0.15) is 0 Å². The number of nitrogens with one attached hydrogen (secondary N) is 1. The Kier molecular flexibility index (Phi) is 6.04. The zero-order valence-electron chi connectivity index (χ0n) is 15.3. The zero-order valence-corrected chi connectivity index (χ0v) is 16.1. The Morgan fingerprint density at radius 3 is 2.50 bits per heavy atom. The highest BCUT2D eigenvalue weighted by atomic mass is 32.1. The van der Waals surface area contributed by atoms with Gasteiger partial charge in [0.15, 0.2) is 0 Å². The zero-order chi connectivity index (χ0) is 18.5. The van der Waals surface area contributed by atoms with Crippen LogP contribution >= 0.6 is 11.3 Å². The fraction of sp³-hybridized carbons (Fsp3) is 0.450. The Hall–Kier alpha value is -2.21. The van der Waals surface area contributed by atoms with E-state index in [-0.39, 0.29) is 17.7 Å². The first kappa shape index (κ1) is 18.6. The minimum absolute atomic E-state index is 0.00534. The summed E-state index contributed by atoms with van der Waals surface area (Å²) in [6.07, 6.45) is 2.21. The number of nitrogens with zero attached hydrogens (tertiary/aromatic N) is 2. The van der Waals surface area contributed by atoms with Crippen LogP contribution in [0.1, 0.15) is 39.5 Å². The molecule has 2 aromatic rings. The van der Waals surface area contributed by atoms with E-state index in [0.717, 1.165) is 41.1 Å². The molecule has 138 valence electrons. The predicted octanol–water partition coefficient (Wildman–Crippen LogP) is 2.97. The SMILES string of the molecule is Cc1ccc(C(=O)N2CCC(C(=O)NCCc3csc(C)n3)CC2)cc1. The van der Waals surface area contributed by atoms with Crippen molar-refractivity contribution >= 4 is 23.2 Å². The molecule has 2 heterocycles. The standard InChI is InChI=1S/C20H25N3O2S/c1-14-3-5-17(6-4-14)20(25)23-11-8-16(9-12-23)19(24)21-10-7-18-13-26-15(2)22-18/h3-6,13,16H,7-12H2,1-2H3,(H,21,24). The summed E-state index contributed by atoms with van der Waals surface area (Å²) < 4.78 is 0. The highest BCUT2D eigenvalue weighted by molar-refractivity contribution is 7.09. The monoisotopic (exact) mass is 371 g/mol. The Morgan fingerprint density at radius 1 is 1.19 bits per heavy atom. The Balaban J connectivity index is 1.43. The number of carbonyl (C=O) groups excluding carboxylic acids is 2. The molecule has 1 fully saturated rings. The molecule has 0 saturated carbocycles. The van der Waals surface area contributed by atoms with Crippen LogP contribution in [0.25, 0.3) is 0 Å². The number of carbonyl (C=O) groups is 2. The van der Waals surface area contributed by atoms with Crippen molar-refractivity contribution in [1.82, 2.24) is 15.2 Å². The van der Waals surface area contributed by atoms with Gasteiger partial charge in [-0.05, 0) is 38.8 Å². The average Bonchev–Trinajstić information content (AvgIpc) is 3.07. The molecule has 5 nitrogen and oxygen atoms in total. The van der Waals surface area contributed by atoms with Crippen LogP contribution in [0.2, 0.25) is 0 Å². The maximum Gasteiger partial charge on any atom is 0.253 e. The van der Waals surface area contributed by atoms with E-state index in [9.17, 15) is 9.59 Å². The lowest BCUT2D eigenvalue weighted by Crippen LogP contribution is -2.43. The van der Waals surface area contributed by atoms with Crippen molar-refractivity contribution < 1.29 is 9.59 Å². The highest BCUT2D eigenvalue weighted by Crippen LogP contribution is 2.19. The number of hydrogen-bond donors (Lipinski definition) is 1. The summed E-state index contributed by atoms with van der Waals surface area (Å²) in [5.74, 6) is 0.149.